The summed E-state index contributed by atoms with van der Waals surface area (Å²) in [5.41, 5.74) is 3.28. The molecule has 0 aliphatic heterocycles. The Morgan fingerprint density at radius 3 is 2.68 bits per heavy atom. The molecule has 0 amide bonds. The SMILES string of the molecule is NNC=Nc1cccc(S(=O)(=O)NC2(c3ccccc3)C=CC=C(CCC(=O)O)C2)c1. The van der Waals surface area contributed by atoms with Crippen LogP contribution in [-0.2, 0) is 20.4 Å². The highest BCUT2D eigenvalue weighted by atomic mass is 32.2. The van der Waals surface area contributed by atoms with Gasteiger partial charge < -0.3 is 10.5 Å². The van der Waals surface area contributed by atoms with Gasteiger partial charge in [-0.25, -0.2) is 19.3 Å². The lowest BCUT2D eigenvalue weighted by molar-refractivity contribution is -0.136. The highest BCUT2D eigenvalue weighted by Crippen LogP contribution is 2.36. The largest absolute Gasteiger partial charge is 0.481 e. The van der Waals surface area contributed by atoms with Gasteiger partial charge in [-0.3, -0.25) is 4.79 Å². The number of hydrogen-bond acceptors (Lipinski definition) is 5. The first kappa shape index (κ1) is 22.4. The van der Waals surface area contributed by atoms with Crippen molar-refractivity contribution in [1.29, 1.82) is 0 Å². The summed E-state index contributed by atoms with van der Waals surface area (Å²) in [5.74, 6) is 4.28. The van der Waals surface area contributed by atoms with Crippen LogP contribution in [0.3, 0.4) is 0 Å². The number of nitrogens with two attached hydrogens (primary N) is 1. The fourth-order valence-electron chi connectivity index (χ4n) is 3.47. The Bertz CT molecular complexity index is 1130. The lowest BCUT2D eigenvalue weighted by atomic mass is 9.80. The highest BCUT2D eigenvalue weighted by molar-refractivity contribution is 7.89. The number of benzene rings is 2. The van der Waals surface area contributed by atoms with Crippen molar-refractivity contribution in [1.82, 2.24) is 10.1 Å². The molecule has 3 rings (SSSR count). The number of aliphatic carboxylic acids is 1. The Labute approximate surface area is 181 Å². The Hall–Kier alpha value is -3.27. The number of nitrogens with zero attached hydrogens (tertiary/aromatic N) is 1. The predicted octanol–water partition coefficient (Wildman–Crippen LogP) is 2.73. The summed E-state index contributed by atoms with van der Waals surface area (Å²) in [5, 5.41) is 9.03. The predicted molar refractivity (Wildman–Crippen MR) is 119 cm³/mol. The number of aliphatic imine (C=N–C) groups is 1. The fourth-order valence-corrected chi connectivity index (χ4v) is 4.86. The molecule has 2 aromatic rings. The zero-order valence-electron chi connectivity index (χ0n) is 16.7. The van der Waals surface area contributed by atoms with Crippen LogP contribution in [-0.4, -0.2) is 25.8 Å². The Balaban J connectivity index is 1.97. The third kappa shape index (κ3) is 5.66. The molecule has 162 valence electrons. The maximum Gasteiger partial charge on any atom is 0.303 e. The third-order valence-electron chi connectivity index (χ3n) is 4.90. The van der Waals surface area contributed by atoms with Crippen LogP contribution in [0.2, 0.25) is 0 Å². The van der Waals surface area contributed by atoms with Crippen molar-refractivity contribution in [3.63, 3.8) is 0 Å². The van der Waals surface area contributed by atoms with Crippen LogP contribution in [0.25, 0.3) is 0 Å². The van der Waals surface area contributed by atoms with E-state index >= 15 is 0 Å². The summed E-state index contributed by atoms with van der Waals surface area (Å²) >= 11 is 0. The van der Waals surface area contributed by atoms with Crippen molar-refractivity contribution in [2.45, 2.75) is 29.7 Å². The molecule has 31 heavy (non-hydrogen) atoms. The third-order valence-corrected chi connectivity index (χ3v) is 6.41. The first-order valence-corrected chi connectivity index (χ1v) is 11.1. The summed E-state index contributed by atoms with van der Waals surface area (Å²) in [4.78, 5) is 15.1. The first-order chi connectivity index (χ1) is 14.8. The number of carbonyl (C=O) groups is 1. The Morgan fingerprint density at radius 2 is 1.97 bits per heavy atom. The summed E-state index contributed by atoms with van der Waals surface area (Å²) in [7, 11) is -3.94. The van der Waals surface area contributed by atoms with Gasteiger partial charge in [0.25, 0.3) is 0 Å². The lowest BCUT2D eigenvalue weighted by Gasteiger charge is -2.35. The molecular weight excluding hydrogens is 416 g/mol. The second-order valence-corrected chi connectivity index (χ2v) is 8.80. The smallest absolute Gasteiger partial charge is 0.303 e. The molecule has 9 heteroatoms. The minimum atomic E-state index is -3.94. The molecule has 1 aliphatic rings. The summed E-state index contributed by atoms with van der Waals surface area (Å²) in [6.45, 7) is 0. The van der Waals surface area contributed by atoms with Gasteiger partial charge >= 0.3 is 5.97 Å². The van der Waals surface area contributed by atoms with Crippen molar-refractivity contribution in [2.24, 2.45) is 10.8 Å². The molecular formula is C22H24N4O4S. The highest BCUT2D eigenvalue weighted by Gasteiger charge is 2.36. The summed E-state index contributed by atoms with van der Waals surface area (Å²) in [6, 6.07) is 15.4. The van der Waals surface area contributed by atoms with E-state index in [1.807, 2.05) is 36.4 Å². The van der Waals surface area contributed by atoms with E-state index in [1.165, 1.54) is 18.5 Å². The van der Waals surface area contributed by atoms with Gasteiger partial charge in [-0.15, -0.1) is 0 Å². The molecule has 0 aromatic heterocycles. The maximum absolute atomic E-state index is 13.3. The van der Waals surface area contributed by atoms with Crippen molar-refractivity contribution < 1.29 is 18.3 Å². The van der Waals surface area contributed by atoms with E-state index in [2.05, 4.69) is 15.1 Å². The van der Waals surface area contributed by atoms with Crippen LogP contribution in [0.5, 0.6) is 0 Å². The average Bonchev–Trinajstić information content (AvgIpc) is 2.77. The minimum absolute atomic E-state index is 0.0213. The van der Waals surface area contributed by atoms with Gasteiger partial charge in [0.05, 0.1) is 16.1 Å². The van der Waals surface area contributed by atoms with E-state index < -0.39 is 21.5 Å². The molecule has 0 saturated heterocycles. The zero-order valence-corrected chi connectivity index (χ0v) is 17.5. The van der Waals surface area contributed by atoms with Gasteiger partial charge in [-0.1, -0.05) is 60.2 Å². The fraction of sp³-hybridized carbons (Fsp3) is 0.182. The van der Waals surface area contributed by atoms with Gasteiger partial charge in [-0.05, 0) is 36.6 Å². The number of carboxylic acids is 1. The molecule has 0 fully saturated rings. The van der Waals surface area contributed by atoms with E-state index in [0.29, 0.717) is 18.5 Å². The van der Waals surface area contributed by atoms with E-state index in [4.69, 9.17) is 10.9 Å². The number of nitrogens with one attached hydrogen (secondary N) is 2. The molecule has 1 unspecified atom stereocenters. The maximum atomic E-state index is 13.3. The van der Waals surface area contributed by atoms with Crippen molar-refractivity contribution in [2.75, 3.05) is 0 Å². The molecule has 0 heterocycles. The van der Waals surface area contributed by atoms with Crippen molar-refractivity contribution in [3.8, 4) is 0 Å². The summed E-state index contributed by atoms with van der Waals surface area (Å²) < 4.78 is 29.5. The van der Waals surface area contributed by atoms with E-state index in [0.717, 1.165) is 11.1 Å². The van der Waals surface area contributed by atoms with Gasteiger partial charge in [-0.2, -0.15) is 4.72 Å². The van der Waals surface area contributed by atoms with Crippen LogP contribution >= 0.6 is 0 Å². The number of hydrogen-bond donors (Lipinski definition) is 4. The molecule has 2 aromatic carbocycles. The Morgan fingerprint density at radius 1 is 1.19 bits per heavy atom. The normalized spacial score (nSPS) is 18.7. The number of sulfonamides is 1. The average molecular weight is 441 g/mol. The topological polar surface area (TPSA) is 134 Å². The number of allylic oxidation sites excluding steroid dienone is 2. The van der Waals surface area contributed by atoms with Crippen molar-refractivity contribution in [3.05, 3.63) is 84.0 Å². The molecule has 8 nitrogen and oxygen atoms in total. The lowest BCUT2D eigenvalue weighted by Crippen LogP contribution is -2.45. The first-order valence-electron chi connectivity index (χ1n) is 9.62. The molecule has 0 saturated carbocycles. The molecule has 0 radical (unpaired) electrons. The van der Waals surface area contributed by atoms with Crippen LogP contribution in [0.1, 0.15) is 24.8 Å². The minimum Gasteiger partial charge on any atom is -0.481 e. The second kappa shape index (κ2) is 9.69. The quantitative estimate of drug-likeness (QED) is 0.205. The molecule has 5 N–H and O–H groups in total. The van der Waals surface area contributed by atoms with Crippen LogP contribution in [0.15, 0.2) is 88.3 Å². The standard InChI is InChI=1S/C22H24N4O4S/c23-25-16-24-19-9-4-10-20(14-19)31(29,30)26-22(18-7-2-1-3-8-18)13-5-6-17(15-22)11-12-21(27)28/h1-10,13-14,16,26H,11-12,15,23H2,(H,24,25)(H,27,28). The zero-order chi connectivity index (χ0) is 22.3. The van der Waals surface area contributed by atoms with Gasteiger partial charge in [0, 0.05) is 6.42 Å². The second-order valence-electron chi connectivity index (χ2n) is 7.12. The van der Waals surface area contributed by atoms with Gasteiger partial charge in [0.15, 0.2) is 0 Å². The molecule has 1 atom stereocenters. The molecule has 1 aliphatic carbocycles. The summed E-state index contributed by atoms with van der Waals surface area (Å²) in [6.07, 6.45) is 7.31. The number of carboxylic acid groups (broad SMARTS) is 1. The number of hydrazine groups is 1. The van der Waals surface area contributed by atoms with Crippen LogP contribution in [0, 0.1) is 0 Å². The van der Waals surface area contributed by atoms with Crippen LogP contribution < -0.4 is 16.0 Å². The molecule has 0 bridgehead atoms. The van der Waals surface area contributed by atoms with E-state index in [-0.39, 0.29) is 11.3 Å². The Kier molecular flexibility index (Phi) is 7.01. The van der Waals surface area contributed by atoms with E-state index in [1.54, 1.807) is 24.3 Å². The molecule has 0 spiro atoms. The van der Waals surface area contributed by atoms with Gasteiger partial charge in [0.2, 0.25) is 10.0 Å². The van der Waals surface area contributed by atoms with Crippen LogP contribution in [0.4, 0.5) is 5.69 Å². The number of rotatable bonds is 9. The monoisotopic (exact) mass is 440 g/mol. The van der Waals surface area contributed by atoms with E-state index in [9.17, 15) is 13.2 Å². The van der Waals surface area contributed by atoms with Crippen molar-refractivity contribution >= 4 is 28.0 Å². The van der Waals surface area contributed by atoms with Gasteiger partial charge in [0.1, 0.15) is 6.34 Å².